The maximum Gasteiger partial charge on any atom is 0.290 e. The van der Waals surface area contributed by atoms with Crippen LogP contribution < -0.4 is 21.3 Å². The van der Waals surface area contributed by atoms with Gasteiger partial charge >= 0.3 is 0 Å². The molecule has 2 aromatic carbocycles. The van der Waals surface area contributed by atoms with Gasteiger partial charge in [-0.3, -0.25) is 14.3 Å². The van der Waals surface area contributed by atoms with Crippen LogP contribution in [0.1, 0.15) is 34.8 Å². The molecule has 0 bridgehead atoms. The normalized spacial score (nSPS) is 14.1. The van der Waals surface area contributed by atoms with Gasteiger partial charge in [0.15, 0.2) is 5.82 Å². The molecule has 0 saturated heterocycles. The van der Waals surface area contributed by atoms with E-state index in [4.69, 9.17) is 10.5 Å². The summed E-state index contributed by atoms with van der Waals surface area (Å²) >= 11 is 0. The number of alkyl halides is 1. The first-order valence-electron chi connectivity index (χ1n) is 11.4. The summed E-state index contributed by atoms with van der Waals surface area (Å²) in [5.41, 5.74) is 7.78. The van der Waals surface area contributed by atoms with E-state index in [9.17, 15) is 18.4 Å². The van der Waals surface area contributed by atoms with Gasteiger partial charge in [0.2, 0.25) is 0 Å². The lowest BCUT2D eigenvalue weighted by atomic mass is 10.1. The summed E-state index contributed by atoms with van der Waals surface area (Å²) < 4.78 is 34.1. The molecule has 186 valence electrons. The number of nitrogens with two attached hydrogens (primary N) is 1. The van der Waals surface area contributed by atoms with E-state index in [1.165, 1.54) is 23.9 Å². The quantitative estimate of drug-likeness (QED) is 0.345. The van der Waals surface area contributed by atoms with Crippen molar-refractivity contribution in [2.24, 2.45) is 5.92 Å². The number of anilines is 1. The molecule has 2 heterocycles. The number of benzene rings is 2. The molecule has 1 atom stereocenters. The molecule has 1 amide bonds. The van der Waals surface area contributed by atoms with Crippen molar-refractivity contribution < 1.29 is 18.3 Å². The zero-order valence-electron chi connectivity index (χ0n) is 19.4. The van der Waals surface area contributed by atoms with Crippen LogP contribution >= 0.6 is 0 Å². The third kappa shape index (κ3) is 4.28. The Morgan fingerprint density at radius 1 is 1.28 bits per heavy atom. The number of nitrogens with one attached hydrogen (secondary N) is 2. The van der Waals surface area contributed by atoms with Crippen molar-refractivity contribution in [1.29, 1.82) is 0 Å². The standard InChI is InChI=1S/C25H24F2N6O3/c1-36-19-9-8-16(27)10-17(19)24(34)29-12-13-2-4-15(5-3-13)21-20-22(25(35)31-30-23(20)28)33(32-21)18(11-26)14-6-7-14/h2-5,8-10,14,18H,6-7,11-12H2,1H3,(H2,28,30)(H,29,34)(H,31,35)/t18-/m0/s1. The van der Waals surface area contributed by atoms with Crippen LogP contribution in [0.3, 0.4) is 0 Å². The summed E-state index contributed by atoms with van der Waals surface area (Å²) in [6.45, 7) is -0.458. The zero-order valence-corrected chi connectivity index (χ0v) is 19.4. The lowest BCUT2D eigenvalue weighted by molar-refractivity contribution is 0.0947. The van der Waals surface area contributed by atoms with Crippen molar-refractivity contribution in [2.75, 3.05) is 19.5 Å². The van der Waals surface area contributed by atoms with Gasteiger partial charge in [-0.15, -0.1) is 0 Å². The Labute approximate surface area is 204 Å². The number of methoxy groups -OCH3 is 1. The van der Waals surface area contributed by atoms with Gasteiger partial charge in [-0.1, -0.05) is 24.3 Å². The van der Waals surface area contributed by atoms with E-state index in [-0.39, 0.29) is 35.1 Å². The lowest BCUT2D eigenvalue weighted by Gasteiger charge is -2.13. The lowest BCUT2D eigenvalue weighted by Crippen LogP contribution is -2.23. The number of hydrogen-bond acceptors (Lipinski definition) is 6. The predicted molar refractivity (Wildman–Crippen MR) is 130 cm³/mol. The fraction of sp³-hybridized carbons (Fsp3) is 0.280. The third-order valence-electron chi connectivity index (χ3n) is 6.38. The number of carbonyl (C=O) groups is 1. The fourth-order valence-electron chi connectivity index (χ4n) is 4.34. The van der Waals surface area contributed by atoms with E-state index in [1.54, 1.807) is 24.3 Å². The van der Waals surface area contributed by atoms with Crippen LogP contribution in [0.25, 0.3) is 22.2 Å². The number of H-pyrrole nitrogens is 1. The maximum absolute atomic E-state index is 13.9. The molecule has 1 fully saturated rings. The van der Waals surface area contributed by atoms with E-state index >= 15 is 0 Å². The van der Waals surface area contributed by atoms with Crippen molar-refractivity contribution in [2.45, 2.75) is 25.4 Å². The van der Waals surface area contributed by atoms with Crippen LogP contribution in [0.2, 0.25) is 0 Å². The highest BCUT2D eigenvalue weighted by molar-refractivity contribution is 5.99. The Morgan fingerprint density at radius 2 is 2.03 bits per heavy atom. The van der Waals surface area contributed by atoms with Crippen LogP contribution in [0.15, 0.2) is 47.3 Å². The molecule has 4 aromatic rings. The first-order chi connectivity index (χ1) is 17.4. The smallest absolute Gasteiger partial charge is 0.290 e. The summed E-state index contributed by atoms with van der Waals surface area (Å²) in [4.78, 5) is 25.2. The number of fused-ring (bicyclic) bond motifs is 1. The van der Waals surface area contributed by atoms with Crippen LogP contribution in [0.4, 0.5) is 14.6 Å². The van der Waals surface area contributed by atoms with Crippen molar-refractivity contribution in [3.8, 4) is 17.0 Å². The molecule has 1 aliphatic carbocycles. The molecular formula is C25H24F2N6O3. The van der Waals surface area contributed by atoms with Crippen LogP contribution in [0, 0.1) is 11.7 Å². The second kappa shape index (κ2) is 9.40. The second-order valence-corrected chi connectivity index (χ2v) is 8.74. The molecule has 1 aliphatic rings. The summed E-state index contributed by atoms with van der Waals surface area (Å²) in [6.07, 6.45) is 1.76. The van der Waals surface area contributed by atoms with Gasteiger partial charge in [0.1, 0.15) is 29.5 Å². The number of nitrogens with zero attached hydrogens (tertiary/aromatic N) is 3. The fourth-order valence-corrected chi connectivity index (χ4v) is 4.34. The Hall–Kier alpha value is -4.28. The summed E-state index contributed by atoms with van der Waals surface area (Å²) in [6, 6.07) is 10.3. The van der Waals surface area contributed by atoms with E-state index in [1.807, 2.05) is 0 Å². The Balaban J connectivity index is 1.42. The summed E-state index contributed by atoms with van der Waals surface area (Å²) in [7, 11) is 1.41. The van der Waals surface area contributed by atoms with Crippen molar-refractivity contribution >= 4 is 22.6 Å². The summed E-state index contributed by atoms with van der Waals surface area (Å²) in [5.74, 6) is -0.524. The minimum Gasteiger partial charge on any atom is -0.496 e. The average molecular weight is 495 g/mol. The molecular weight excluding hydrogens is 470 g/mol. The monoisotopic (exact) mass is 494 g/mol. The number of amides is 1. The molecule has 36 heavy (non-hydrogen) atoms. The molecule has 0 radical (unpaired) electrons. The SMILES string of the molecule is COc1ccc(F)cc1C(=O)NCc1ccc(-c2nn([C@@H](CF)C3CC3)c3c(=O)[nH]nc(N)c23)cc1. The van der Waals surface area contributed by atoms with Crippen molar-refractivity contribution in [3.05, 3.63) is 69.8 Å². The molecule has 1 saturated carbocycles. The number of ether oxygens (including phenoxy) is 1. The van der Waals surface area contributed by atoms with E-state index < -0.39 is 30.0 Å². The highest BCUT2D eigenvalue weighted by Crippen LogP contribution is 2.42. The molecule has 4 N–H and O–H groups in total. The third-order valence-corrected chi connectivity index (χ3v) is 6.38. The Kier molecular flexibility index (Phi) is 6.13. The number of carbonyl (C=O) groups excluding carboxylic acids is 1. The number of halogens is 2. The van der Waals surface area contributed by atoms with Gasteiger partial charge in [-0.05, 0) is 42.5 Å². The highest BCUT2D eigenvalue weighted by atomic mass is 19.1. The molecule has 5 rings (SSSR count). The van der Waals surface area contributed by atoms with Crippen molar-refractivity contribution in [3.63, 3.8) is 0 Å². The summed E-state index contributed by atoms with van der Waals surface area (Å²) in [5, 5.41) is 14.0. The first-order valence-corrected chi connectivity index (χ1v) is 11.4. The maximum atomic E-state index is 13.9. The topological polar surface area (TPSA) is 128 Å². The van der Waals surface area contributed by atoms with Crippen LogP contribution in [-0.4, -0.2) is 39.7 Å². The van der Waals surface area contributed by atoms with Gasteiger partial charge in [0.05, 0.1) is 24.1 Å². The number of hydrogen-bond donors (Lipinski definition) is 3. The minimum atomic E-state index is -0.642. The van der Waals surface area contributed by atoms with Gasteiger partial charge in [-0.2, -0.15) is 10.2 Å². The van der Waals surface area contributed by atoms with Gasteiger partial charge in [0.25, 0.3) is 11.5 Å². The van der Waals surface area contributed by atoms with Crippen molar-refractivity contribution in [1.82, 2.24) is 25.3 Å². The second-order valence-electron chi connectivity index (χ2n) is 8.74. The first kappa shape index (κ1) is 23.5. The largest absolute Gasteiger partial charge is 0.496 e. The number of rotatable bonds is 8. The molecule has 2 aromatic heterocycles. The average Bonchev–Trinajstić information content (AvgIpc) is 3.64. The van der Waals surface area contributed by atoms with Gasteiger partial charge in [-0.25, -0.2) is 13.9 Å². The Bertz CT molecular complexity index is 1490. The molecule has 0 aliphatic heterocycles. The van der Waals surface area contributed by atoms with E-state index in [0.717, 1.165) is 24.5 Å². The van der Waals surface area contributed by atoms with Crippen LogP contribution in [0.5, 0.6) is 5.75 Å². The molecule has 0 spiro atoms. The van der Waals surface area contributed by atoms with Gasteiger partial charge in [0, 0.05) is 12.1 Å². The minimum absolute atomic E-state index is 0.0948. The highest BCUT2D eigenvalue weighted by Gasteiger charge is 2.35. The molecule has 9 nitrogen and oxygen atoms in total. The predicted octanol–water partition coefficient (Wildman–Crippen LogP) is 3.37. The van der Waals surface area contributed by atoms with E-state index in [0.29, 0.717) is 16.6 Å². The number of aromatic nitrogens is 4. The zero-order chi connectivity index (χ0) is 25.4. The van der Waals surface area contributed by atoms with E-state index in [2.05, 4.69) is 20.6 Å². The van der Waals surface area contributed by atoms with Crippen LogP contribution in [-0.2, 0) is 6.54 Å². The molecule has 0 unspecified atom stereocenters. The number of nitrogen functional groups attached to an aromatic ring is 1. The Morgan fingerprint density at radius 3 is 2.69 bits per heavy atom. The molecule has 11 heteroatoms. The van der Waals surface area contributed by atoms with Gasteiger partial charge < -0.3 is 15.8 Å². The number of aromatic amines is 1.